The molecule has 7 nitrogen and oxygen atoms in total. The summed E-state index contributed by atoms with van der Waals surface area (Å²) in [6.45, 7) is 0. The van der Waals surface area contributed by atoms with E-state index in [1.165, 1.54) is 36.6 Å². The molecule has 0 radical (unpaired) electrons. The Kier molecular flexibility index (Phi) is 5.33. The SMILES string of the molecule is O=C(CCC1CCCC1)NNC(=O)c1nn(-c2ccccc2)cc1O. The molecule has 1 aromatic carbocycles. The van der Waals surface area contributed by atoms with Crippen LogP contribution in [0.5, 0.6) is 5.75 Å². The topological polar surface area (TPSA) is 96.3 Å². The molecule has 0 atom stereocenters. The number of aromatic nitrogens is 2. The Balaban J connectivity index is 1.52. The number of hydrogen-bond donors (Lipinski definition) is 3. The summed E-state index contributed by atoms with van der Waals surface area (Å²) in [5.74, 6) is -0.516. The van der Waals surface area contributed by atoms with Crippen LogP contribution in [0.3, 0.4) is 0 Å². The quantitative estimate of drug-likeness (QED) is 0.727. The highest BCUT2D eigenvalue weighted by molar-refractivity contribution is 5.95. The molecule has 0 spiro atoms. The maximum absolute atomic E-state index is 12.1. The molecule has 1 aliphatic carbocycles. The Hall–Kier alpha value is -2.83. The molecule has 2 aromatic rings. The second-order valence-corrected chi connectivity index (χ2v) is 6.33. The van der Waals surface area contributed by atoms with Crippen LogP contribution in [-0.2, 0) is 4.79 Å². The van der Waals surface area contributed by atoms with Gasteiger partial charge in [0.15, 0.2) is 11.4 Å². The van der Waals surface area contributed by atoms with E-state index in [1.807, 2.05) is 18.2 Å². The van der Waals surface area contributed by atoms with Crippen molar-refractivity contribution >= 4 is 11.8 Å². The van der Waals surface area contributed by atoms with Crippen molar-refractivity contribution in [3.8, 4) is 11.4 Å². The van der Waals surface area contributed by atoms with Crippen molar-refractivity contribution in [3.05, 3.63) is 42.2 Å². The third-order valence-electron chi connectivity index (χ3n) is 4.50. The fraction of sp³-hybridized carbons (Fsp3) is 0.389. The van der Waals surface area contributed by atoms with Crippen LogP contribution in [0.15, 0.2) is 36.5 Å². The Bertz CT molecular complexity index is 736. The van der Waals surface area contributed by atoms with Crippen LogP contribution in [0.1, 0.15) is 49.0 Å². The number of amides is 2. The first-order valence-electron chi connectivity index (χ1n) is 8.56. The van der Waals surface area contributed by atoms with Gasteiger partial charge in [0.1, 0.15) is 0 Å². The van der Waals surface area contributed by atoms with E-state index in [-0.39, 0.29) is 17.4 Å². The largest absolute Gasteiger partial charge is 0.504 e. The first kappa shape index (κ1) is 17.0. The van der Waals surface area contributed by atoms with Crippen LogP contribution in [0.2, 0.25) is 0 Å². The lowest BCUT2D eigenvalue weighted by molar-refractivity contribution is -0.122. The summed E-state index contributed by atoms with van der Waals surface area (Å²) in [5.41, 5.74) is 5.27. The number of hydrazine groups is 1. The predicted octanol–water partition coefficient (Wildman–Crippen LogP) is 2.31. The first-order chi connectivity index (χ1) is 12.1. The number of para-hydroxylation sites is 1. The standard InChI is InChI=1S/C18H22N4O3/c23-15-12-22(14-8-2-1-3-9-14)21-17(15)18(25)20-19-16(24)11-10-13-6-4-5-7-13/h1-3,8-9,12-13,23H,4-7,10-11H2,(H,19,24)(H,20,25). The fourth-order valence-electron chi connectivity index (χ4n) is 3.12. The van der Waals surface area contributed by atoms with E-state index in [9.17, 15) is 14.7 Å². The number of carbonyl (C=O) groups excluding carboxylic acids is 2. The van der Waals surface area contributed by atoms with E-state index in [0.29, 0.717) is 12.3 Å². The molecule has 0 aliphatic heterocycles. The molecule has 3 rings (SSSR count). The Labute approximate surface area is 146 Å². The van der Waals surface area contributed by atoms with Gasteiger partial charge >= 0.3 is 0 Å². The van der Waals surface area contributed by atoms with Crippen molar-refractivity contribution in [3.63, 3.8) is 0 Å². The molecule has 3 N–H and O–H groups in total. The molecular weight excluding hydrogens is 320 g/mol. The average molecular weight is 342 g/mol. The van der Waals surface area contributed by atoms with Crippen molar-refractivity contribution in [2.75, 3.05) is 0 Å². The number of carbonyl (C=O) groups is 2. The molecule has 2 amide bonds. The van der Waals surface area contributed by atoms with Crippen molar-refractivity contribution in [2.45, 2.75) is 38.5 Å². The van der Waals surface area contributed by atoms with E-state index in [4.69, 9.17) is 0 Å². The average Bonchev–Trinajstić information content (AvgIpc) is 3.28. The fourth-order valence-corrected chi connectivity index (χ4v) is 3.12. The minimum atomic E-state index is -0.651. The number of aromatic hydroxyl groups is 1. The van der Waals surface area contributed by atoms with Crippen LogP contribution in [0.25, 0.3) is 5.69 Å². The van der Waals surface area contributed by atoms with E-state index in [0.717, 1.165) is 12.1 Å². The lowest BCUT2D eigenvalue weighted by Crippen LogP contribution is -2.41. The van der Waals surface area contributed by atoms with Crippen molar-refractivity contribution in [2.24, 2.45) is 5.92 Å². The van der Waals surface area contributed by atoms with Crippen molar-refractivity contribution in [1.29, 1.82) is 0 Å². The lowest BCUT2D eigenvalue weighted by atomic mass is 10.0. The van der Waals surface area contributed by atoms with Gasteiger partial charge in [-0.2, -0.15) is 5.10 Å². The highest BCUT2D eigenvalue weighted by Crippen LogP contribution is 2.28. The third kappa shape index (κ3) is 4.37. The number of hydrogen-bond acceptors (Lipinski definition) is 4. The van der Waals surface area contributed by atoms with Crippen LogP contribution in [-0.4, -0.2) is 26.7 Å². The number of benzene rings is 1. The molecule has 25 heavy (non-hydrogen) atoms. The monoisotopic (exact) mass is 342 g/mol. The summed E-state index contributed by atoms with van der Waals surface area (Å²) < 4.78 is 1.41. The Morgan fingerprint density at radius 2 is 1.88 bits per heavy atom. The Morgan fingerprint density at radius 1 is 1.16 bits per heavy atom. The zero-order chi connectivity index (χ0) is 17.6. The molecule has 7 heteroatoms. The molecule has 132 valence electrons. The van der Waals surface area contributed by atoms with Gasteiger partial charge in [-0.3, -0.25) is 20.4 Å². The summed E-state index contributed by atoms with van der Waals surface area (Å²) in [4.78, 5) is 23.9. The molecule has 1 saturated carbocycles. The van der Waals surface area contributed by atoms with Gasteiger partial charge < -0.3 is 5.11 Å². The second-order valence-electron chi connectivity index (χ2n) is 6.33. The van der Waals surface area contributed by atoms with Gasteiger partial charge in [-0.05, 0) is 24.5 Å². The second kappa shape index (κ2) is 7.83. The molecule has 1 aromatic heterocycles. The molecule has 0 saturated heterocycles. The van der Waals surface area contributed by atoms with Crippen molar-refractivity contribution < 1.29 is 14.7 Å². The van der Waals surface area contributed by atoms with Gasteiger partial charge in [-0.25, -0.2) is 4.68 Å². The molecule has 0 bridgehead atoms. The normalized spacial score (nSPS) is 14.4. The molecular formula is C18H22N4O3. The van der Waals surface area contributed by atoms with Crippen LogP contribution >= 0.6 is 0 Å². The van der Waals surface area contributed by atoms with Gasteiger partial charge in [-0.15, -0.1) is 0 Å². The van der Waals surface area contributed by atoms with Gasteiger partial charge in [0.05, 0.1) is 11.9 Å². The first-order valence-corrected chi connectivity index (χ1v) is 8.56. The zero-order valence-electron chi connectivity index (χ0n) is 13.9. The number of rotatable bonds is 5. The third-order valence-corrected chi connectivity index (χ3v) is 4.50. The van der Waals surface area contributed by atoms with Crippen molar-refractivity contribution in [1.82, 2.24) is 20.6 Å². The summed E-state index contributed by atoms with van der Waals surface area (Å²) >= 11 is 0. The van der Waals surface area contributed by atoms with Crippen LogP contribution < -0.4 is 10.9 Å². The summed E-state index contributed by atoms with van der Waals surface area (Å²) in [5, 5.41) is 14.0. The molecule has 0 unspecified atom stereocenters. The van der Waals surface area contributed by atoms with E-state index in [2.05, 4.69) is 16.0 Å². The molecule has 1 heterocycles. The minimum absolute atomic E-state index is 0.139. The highest BCUT2D eigenvalue weighted by Gasteiger charge is 2.19. The number of nitrogens with one attached hydrogen (secondary N) is 2. The minimum Gasteiger partial charge on any atom is -0.504 e. The van der Waals surface area contributed by atoms with Gasteiger partial charge in [0.2, 0.25) is 5.91 Å². The highest BCUT2D eigenvalue weighted by atomic mass is 16.3. The maximum atomic E-state index is 12.1. The van der Waals surface area contributed by atoms with Gasteiger partial charge in [0, 0.05) is 6.42 Å². The smallest absolute Gasteiger partial charge is 0.294 e. The summed E-state index contributed by atoms with van der Waals surface area (Å²) in [6, 6.07) is 9.14. The summed E-state index contributed by atoms with van der Waals surface area (Å²) in [7, 11) is 0. The van der Waals surface area contributed by atoms with Crippen LogP contribution in [0.4, 0.5) is 0 Å². The molecule has 1 aliphatic rings. The van der Waals surface area contributed by atoms with E-state index in [1.54, 1.807) is 12.1 Å². The van der Waals surface area contributed by atoms with Gasteiger partial charge in [-0.1, -0.05) is 43.9 Å². The zero-order valence-corrected chi connectivity index (χ0v) is 13.9. The van der Waals surface area contributed by atoms with E-state index >= 15 is 0 Å². The predicted molar refractivity (Wildman–Crippen MR) is 92.0 cm³/mol. The van der Waals surface area contributed by atoms with E-state index < -0.39 is 5.91 Å². The maximum Gasteiger partial charge on any atom is 0.294 e. The van der Waals surface area contributed by atoms with Gasteiger partial charge in [0.25, 0.3) is 5.91 Å². The Morgan fingerprint density at radius 3 is 2.60 bits per heavy atom. The summed E-state index contributed by atoms with van der Waals surface area (Å²) in [6.07, 6.45) is 7.44. The van der Waals surface area contributed by atoms with Crippen LogP contribution in [0, 0.1) is 5.92 Å². The lowest BCUT2D eigenvalue weighted by Gasteiger charge is -2.09. The molecule has 1 fully saturated rings. The number of nitrogens with zero attached hydrogens (tertiary/aromatic N) is 2.